The van der Waals surface area contributed by atoms with Gasteiger partial charge < -0.3 is 9.69 Å². The summed E-state index contributed by atoms with van der Waals surface area (Å²) in [6.07, 6.45) is 8.43. The number of nitrogens with zero attached hydrogens (tertiary/aromatic N) is 5. The second-order valence-electron chi connectivity index (χ2n) is 8.50. The van der Waals surface area contributed by atoms with Crippen molar-refractivity contribution >= 4 is 17.5 Å². The molecule has 6 heteroatoms. The number of rotatable bonds is 7. The molecule has 2 aromatic heterocycles. The molecule has 0 bridgehead atoms. The van der Waals surface area contributed by atoms with Gasteiger partial charge in [0.2, 0.25) is 0 Å². The van der Waals surface area contributed by atoms with Crippen molar-refractivity contribution in [2.75, 3.05) is 4.90 Å². The lowest BCUT2D eigenvalue weighted by Crippen LogP contribution is -2.13. The van der Waals surface area contributed by atoms with Gasteiger partial charge in [0.05, 0.1) is 29.3 Å². The summed E-state index contributed by atoms with van der Waals surface area (Å²) in [4.78, 5) is 13.3. The van der Waals surface area contributed by atoms with Crippen molar-refractivity contribution in [3.8, 4) is 5.69 Å². The summed E-state index contributed by atoms with van der Waals surface area (Å²) in [6, 6.07) is 22.4. The van der Waals surface area contributed by atoms with Crippen LogP contribution in [0.1, 0.15) is 34.8 Å². The predicted molar refractivity (Wildman–Crippen MR) is 135 cm³/mol. The van der Waals surface area contributed by atoms with E-state index in [9.17, 15) is 4.79 Å². The Morgan fingerprint density at radius 2 is 1.76 bits per heavy atom. The van der Waals surface area contributed by atoms with Crippen molar-refractivity contribution in [2.24, 2.45) is 0 Å². The lowest BCUT2D eigenvalue weighted by Gasteiger charge is -2.23. The summed E-state index contributed by atoms with van der Waals surface area (Å²) in [7, 11) is 0. The molecule has 34 heavy (non-hydrogen) atoms. The zero-order valence-electron chi connectivity index (χ0n) is 19.4. The molecule has 0 amide bonds. The third-order valence-electron chi connectivity index (χ3n) is 6.00. The van der Waals surface area contributed by atoms with Crippen molar-refractivity contribution in [1.29, 1.82) is 0 Å². The Morgan fingerprint density at radius 3 is 2.53 bits per heavy atom. The van der Waals surface area contributed by atoms with Gasteiger partial charge in [-0.1, -0.05) is 42.5 Å². The number of hydrogen-bond acceptors (Lipinski definition) is 4. The highest BCUT2D eigenvalue weighted by atomic mass is 16.1. The third kappa shape index (κ3) is 4.35. The molecule has 0 atom stereocenters. The van der Waals surface area contributed by atoms with E-state index in [2.05, 4.69) is 59.7 Å². The van der Waals surface area contributed by atoms with E-state index in [0.717, 1.165) is 58.0 Å². The van der Waals surface area contributed by atoms with Gasteiger partial charge in [0, 0.05) is 35.8 Å². The Hall–Kier alpha value is -4.19. The van der Waals surface area contributed by atoms with Crippen LogP contribution in [0.5, 0.6) is 0 Å². The highest BCUT2D eigenvalue weighted by Crippen LogP contribution is 2.30. The minimum Gasteiger partial charge on any atom is -0.324 e. The molecule has 0 saturated heterocycles. The average molecular weight is 450 g/mol. The number of para-hydroxylation sites is 2. The SMILES string of the molecule is Cc1cc(C)n(Cc2cc(C3=CN(c4ccccc4CC=O)C=CC3)nn2-c2ccccc2)n1. The lowest BCUT2D eigenvalue weighted by molar-refractivity contribution is -0.107. The zero-order valence-corrected chi connectivity index (χ0v) is 19.4. The van der Waals surface area contributed by atoms with Crippen LogP contribution in [0.4, 0.5) is 5.69 Å². The second-order valence-corrected chi connectivity index (χ2v) is 8.50. The Morgan fingerprint density at radius 1 is 0.971 bits per heavy atom. The van der Waals surface area contributed by atoms with Crippen LogP contribution < -0.4 is 4.90 Å². The Labute approximate surface area is 199 Å². The van der Waals surface area contributed by atoms with Crippen LogP contribution in [-0.4, -0.2) is 25.8 Å². The smallest absolute Gasteiger partial charge is 0.124 e. The highest BCUT2D eigenvalue weighted by Gasteiger charge is 2.18. The van der Waals surface area contributed by atoms with Gasteiger partial charge in [-0.3, -0.25) is 4.68 Å². The number of benzene rings is 2. The summed E-state index contributed by atoms with van der Waals surface area (Å²) in [5.41, 5.74) is 8.27. The maximum Gasteiger partial charge on any atom is 0.124 e. The van der Waals surface area contributed by atoms with Crippen molar-refractivity contribution in [1.82, 2.24) is 19.6 Å². The van der Waals surface area contributed by atoms with Gasteiger partial charge in [0.1, 0.15) is 6.29 Å². The lowest BCUT2D eigenvalue weighted by atomic mass is 10.1. The topological polar surface area (TPSA) is 56.0 Å². The van der Waals surface area contributed by atoms with Gasteiger partial charge in [0.15, 0.2) is 0 Å². The van der Waals surface area contributed by atoms with Crippen LogP contribution in [0, 0.1) is 13.8 Å². The zero-order chi connectivity index (χ0) is 23.5. The number of aryl methyl sites for hydroxylation is 2. The van der Waals surface area contributed by atoms with Gasteiger partial charge in [-0.15, -0.1) is 0 Å². The molecule has 6 nitrogen and oxygen atoms in total. The number of carbonyl (C=O) groups is 1. The molecule has 0 N–H and O–H groups in total. The van der Waals surface area contributed by atoms with E-state index in [1.807, 2.05) is 58.8 Å². The molecular weight excluding hydrogens is 422 g/mol. The first kappa shape index (κ1) is 21.6. The molecule has 1 aliphatic rings. The summed E-state index contributed by atoms with van der Waals surface area (Å²) in [5, 5.41) is 9.67. The number of aldehydes is 1. The van der Waals surface area contributed by atoms with E-state index < -0.39 is 0 Å². The van der Waals surface area contributed by atoms with Gasteiger partial charge in [-0.25, -0.2) is 4.68 Å². The molecule has 5 rings (SSSR count). The monoisotopic (exact) mass is 449 g/mol. The maximum atomic E-state index is 11.2. The quantitative estimate of drug-likeness (QED) is 0.362. The Kier molecular flexibility index (Phi) is 5.95. The molecule has 4 aromatic rings. The first-order valence-electron chi connectivity index (χ1n) is 11.5. The minimum atomic E-state index is 0.388. The van der Waals surface area contributed by atoms with E-state index in [4.69, 9.17) is 5.10 Å². The van der Waals surface area contributed by atoms with Crippen LogP contribution >= 0.6 is 0 Å². The molecule has 0 radical (unpaired) electrons. The van der Waals surface area contributed by atoms with Crippen LogP contribution in [-0.2, 0) is 17.8 Å². The van der Waals surface area contributed by atoms with Crippen molar-refractivity contribution < 1.29 is 4.79 Å². The second kappa shape index (κ2) is 9.35. The van der Waals surface area contributed by atoms with Crippen molar-refractivity contribution in [2.45, 2.75) is 33.2 Å². The first-order valence-corrected chi connectivity index (χ1v) is 11.5. The fourth-order valence-corrected chi connectivity index (χ4v) is 4.37. The molecule has 0 saturated carbocycles. The molecule has 0 spiro atoms. The van der Waals surface area contributed by atoms with E-state index in [0.29, 0.717) is 13.0 Å². The fraction of sp³-hybridized carbons (Fsp3) is 0.179. The van der Waals surface area contributed by atoms with Gasteiger partial charge >= 0.3 is 0 Å². The molecule has 170 valence electrons. The molecule has 1 aliphatic heterocycles. The van der Waals surface area contributed by atoms with E-state index in [1.54, 1.807) is 0 Å². The molecule has 0 fully saturated rings. The van der Waals surface area contributed by atoms with E-state index in [1.165, 1.54) is 0 Å². The minimum absolute atomic E-state index is 0.388. The first-order chi connectivity index (χ1) is 16.6. The Bertz CT molecular complexity index is 1380. The van der Waals surface area contributed by atoms with Crippen LogP contribution in [0.3, 0.4) is 0 Å². The third-order valence-corrected chi connectivity index (χ3v) is 6.00. The van der Waals surface area contributed by atoms with Crippen LogP contribution in [0.15, 0.2) is 85.2 Å². The molecule has 2 aromatic carbocycles. The standard InChI is InChI=1S/C28H27N5O/c1-21-17-22(2)32(29-21)20-26-18-27(30-33(26)25-11-4-3-5-12-25)24-10-8-15-31(19-24)28-13-7-6-9-23(28)14-16-34/h3-9,11-13,15-19H,10,14,20H2,1-2H3. The summed E-state index contributed by atoms with van der Waals surface area (Å²) in [6.45, 7) is 4.73. The number of aromatic nitrogens is 4. The van der Waals surface area contributed by atoms with Crippen LogP contribution in [0.2, 0.25) is 0 Å². The number of anilines is 1. The Balaban J connectivity index is 1.54. The fourth-order valence-electron chi connectivity index (χ4n) is 4.37. The summed E-state index contributed by atoms with van der Waals surface area (Å²) < 4.78 is 4.03. The average Bonchev–Trinajstić information content (AvgIpc) is 3.42. The van der Waals surface area contributed by atoms with Gasteiger partial charge in [-0.05, 0) is 56.2 Å². The van der Waals surface area contributed by atoms with Crippen LogP contribution in [0.25, 0.3) is 11.3 Å². The van der Waals surface area contributed by atoms with Crippen molar-refractivity contribution in [3.05, 3.63) is 114 Å². The maximum absolute atomic E-state index is 11.2. The number of carbonyl (C=O) groups excluding carboxylic acids is 1. The normalized spacial score (nSPS) is 13.2. The number of hydrogen-bond donors (Lipinski definition) is 0. The number of allylic oxidation sites excluding steroid dienone is 2. The van der Waals surface area contributed by atoms with E-state index in [-0.39, 0.29) is 0 Å². The molecule has 0 aliphatic carbocycles. The molecular formula is C28H27N5O. The van der Waals surface area contributed by atoms with Gasteiger partial charge in [0.25, 0.3) is 0 Å². The predicted octanol–water partition coefficient (Wildman–Crippen LogP) is 5.24. The molecule has 3 heterocycles. The molecule has 0 unspecified atom stereocenters. The summed E-state index contributed by atoms with van der Waals surface area (Å²) in [5.74, 6) is 0. The largest absolute Gasteiger partial charge is 0.324 e. The van der Waals surface area contributed by atoms with Gasteiger partial charge in [-0.2, -0.15) is 10.2 Å². The summed E-state index contributed by atoms with van der Waals surface area (Å²) >= 11 is 0. The van der Waals surface area contributed by atoms with E-state index >= 15 is 0 Å². The highest BCUT2D eigenvalue weighted by molar-refractivity contribution is 5.74. The van der Waals surface area contributed by atoms with Crippen molar-refractivity contribution in [3.63, 3.8) is 0 Å².